The van der Waals surface area contributed by atoms with Crippen molar-refractivity contribution in [1.82, 2.24) is 4.90 Å². The van der Waals surface area contributed by atoms with Gasteiger partial charge < -0.3 is 20.1 Å². The quantitative estimate of drug-likeness (QED) is 0.836. The summed E-state index contributed by atoms with van der Waals surface area (Å²) in [6.07, 6.45) is 2.20. The number of methoxy groups -OCH3 is 1. The van der Waals surface area contributed by atoms with E-state index in [1.54, 1.807) is 25.3 Å². The SMILES string of the molecule is COc1ccc(NC(=O)CCN2CCC(C(C)O)CC2)cc1Cl. The van der Waals surface area contributed by atoms with E-state index in [-0.39, 0.29) is 12.0 Å². The predicted octanol–water partition coefficient (Wildman–Crippen LogP) is 2.77. The lowest BCUT2D eigenvalue weighted by atomic mass is 9.92. The lowest BCUT2D eigenvalue weighted by Crippen LogP contribution is -2.38. The van der Waals surface area contributed by atoms with Crippen LogP contribution in [-0.4, -0.2) is 48.8 Å². The van der Waals surface area contributed by atoms with E-state index in [9.17, 15) is 9.90 Å². The molecule has 1 aliphatic heterocycles. The van der Waals surface area contributed by atoms with Crippen molar-refractivity contribution in [2.75, 3.05) is 32.1 Å². The maximum Gasteiger partial charge on any atom is 0.225 e. The Balaban J connectivity index is 1.74. The van der Waals surface area contributed by atoms with Gasteiger partial charge in [-0.05, 0) is 57.0 Å². The van der Waals surface area contributed by atoms with Crippen LogP contribution >= 0.6 is 11.6 Å². The van der Waals surface area contributed by atoms with Gasteiger partial charge in [0.15, 0.2) is 0 Å². The average molecular weight is 341 g/mol. The highest BCUT2D eigenvalue weighted by Crippen LogP contribution is 2.27. The molecule has 1 atom stereocenters. The molecule has 2 rings (SSSR count). The summed E-state index contributed by atoms with van der Waals surface area (Å²) in [4.78, 5) is 14.3. The van der Waals surface area contributed by atoms with E-state index in [1.807, 2.05) is 6.92 Å². The number of benzene rings is 1. The van der Waals surface area contributed by atoms with Crippen molar-refractivity contribution < 1.29 is 14.6 Å². The number of nitrogens with one attached hydrogen (secondary N) is 1. The molecule has 1 heterocycles. The zero-order chi connectivity index (χ0) is 16.8. The number of carbonyl (C=O) groups is 1. The number of amides is 1. The van der Waals surface area contributed by atoms with Crippen LogP contribution in [0.1, 0.15) is 26.2 Å². The summed E-state index contributed by atoms with van der Waals surface area (Å²) in [6.45, 7) is 4.48. The second-order valence-electron chi connectivity index (χ2n) is 6.07. The smallest absolute Gasteiger partial charge is 0.225 e. The molecule has 0 saturated carbocycles. The Hall–Kier alpha value is -1.30. The van der Waals surface area contributed by atoms with E-state index in [2.05, 4.69) is 10.2 Å². The molecule has 128 valence electrons. The second kappa shape index (κ2) is 8.52. The highest BCUT2D eigenvalue weighted by molar-refractivity contribution is 6.32. The molecule has 1 unspecified atom stereocenters. The van der Waals surface area contributed by atoms with E-state index in [4.69, 9.17) is 16.3 Å². The van der Waals surface area contributed by atoms with E-state index < -0.39 is 0 Å². The van der Waals surface area contributed by atoms with Crippen LogP contribution in [-0.2, 0) is 4.79 Å². The van der Waals surface area contributed by atoms with Crippen molar-refractivity contribution in [3.8, 4) is 5.75 Å². The molecule has 1 aromatic rings. The molecule has 1 aromatic carbocycles. The Bertz CT molecular complexity index is 529. The van der Waals surface area contributed by atoms with Crippen molar-refractivity contribution in [3.05, 3.63) is 23.2 Å². The van der Waals surface area contributed by atoms with Crippen molar-refractivity contribution in [3.63, 3.8) is 0 Å². The summed E-state index contributed by atoms with van der Waals surface area (Å²) >= 11 is 6.05. The topological polar surface area (TPSA) is 61.8 Å². The van der Waals surface area contributed by atoms with Gasteiger partial charge in [0.05, 0.1) is 18.2 Å². The fourth-order valence-corrected chi connectivity index (χ4v) is 3.14. The van der Waals surface area contributed by atoms with Gasteiger partial charge in [-0.1, -0.05) is 11.6 Å². The molecule has 0 radical (unpaired) electrons. The molecule has 1 saturated heterocycles. The molecule has 0 aromatic heterocycles. The van der Waals surface area contributed by atoms with E-state index in [1.165, 1.54) is 0 Å². The first-order valence-corrected chi connectivity index (χ1v) is 8.41. The number of carbonyl (C=O) groups excluding carboxylic acids is 1. The van der Waals surface area contributed by atoms with Crippen LogP contribution in [0.25, 0.3) is 0 Å². The van der Waals surface area contributed by atoms with Gasteiger partial charge in [-0.2, -0.15) is 0 Å². The summed E-state index contributed by atoms with van der Waals surface area (Å²) in [5, 5.41) is 12.9. The molecule has 0 aliphatic carbocycles. The third kappa shape index (κ3) is 5.37. The summed E-state index contributed by atoms with van der Waals surface area (Å²) in [6, 6.07) is 5.20. The van der Waals surface area contributed by atoms with E-state index >= 15 is 0 Å². The zero-order valence-electron chi connectivity index (χ0n) is 13.7. The van der Waals surface area contributed by atoms with Crippen LogP contribution < -0.4 is 10.1 Å². The Morgan fingerprint density at radius 3 is 2.74 bits per heavy atom. The first-order valence-electron chi connectivity index (χ1n) is 8.03. The number of ether oxygens (including phenoxy) is 1. The maximum atomic E-state index is 12.0. The second-order valence-corrected chi connectivity index (χ2v) is 6.47. The molecular weight excluding hydrogens is 316 g/mol. The molecule has 0 spiro atoms. The fourth-order valence-electron chi connectivity index (χ4n) is 2.89. The number of hydrogen-bond donors (Lipinski definition) is 2. The lowest BCUT2D eigenvalue weighted by Gasteiger charge is -2.33. The number of rotatable bonds is 6. The first kappa shape index (κ1) is 18.0. The number of piperidine rings is 1. The van der Waals surface area contributed by atoms with Crippen LogP contribution in [0.3, 0.4) is 0 Å². The van der Waals surface area contributed by atoms with Crippen LogP contribution in [0.15, 0.2) is 18.2 Å². The number of halogens is 1. The van der Waals surface area contributed by atoms with Gasteiger partial charge >= 0.3 is 0 Å². The summed E-state index contributed by atoms with van der Waals surface area (Å²) in [5.74, 6) is 0.955. The Morgan fingerprint density at radius 2 is 2.17 bits per heavy atom. The van der Waals surface area contributed by atoms with Crippen molar-refractivity contribution in [2.45, 2.75) is 32.3 Å². The highest BCUT2D eigenvalue weighted by atomic mass is 35.5. The summed E-state index contributed by atoms with van der Waals surface area (Å²) in [5.41, 5.74) is 0.675. The minimum absolute atomic E-state index is 0.0242. The number of anilines is 1. The van der Waals surface area contributed by atoms with Gasteiger partial charge in [0.25, 0.3) is 0 Å². The molecule has 1 aliphatic rings. The van der Waals surface area contributed by atoms with Gasteiger partial charge in [-0.3, -0.25) is 4.79 Å². The molecule has 1 amide bonds. The highest BCUT2D eigenvalue weighted by Gasteiger charge is 2.22. The molecule has 23 heavy (non-hydrogen) atoms. The van der Waals surface area contributed by atoms with Crippen LogP contribution in [0.2, 0.25) is 5.02 Å². The summed E-state index contributed by atoms with van der Waals surface area (Å²) < 4.78 is 5.09. The number of aliphatic hydroxyl groups is 1. The third-order valence-corrected chi connectivity index (χ3v) is 4.70. The van der Waals surface area contributed by atoms with Crippen molar-refractivity contribution in [2.24, 2.45) is 5.92 Å². The van der Waals surface area contributed by atoms with E-state index in [0.29, 0.717) is 28.8 Å². The first-order chi connectivity index (χ1) is 11.0. The van der Waals surface area contributed by atoms with Crippen molar-refractivity contribution in [1.29, 1.82) is 0 Å². The van der Waals surface area contributed by atoms with Gasteiger partial charge in [0.2, 0.25) is 5.91 Å². The minimum atomic E-state index is -0.236. The number of aliphatic hydroxyl groups excluding tert-OH is 1. The molecule has 5 nitrogen and oxygen atoms in total. The molecular formula is C17H25ClN2O3. The molecule has 1 fully saturated rings. The average Bonchev–Trinajstić information content (AvgIpc) is 2.53. The summed E-state index contributed by atoms with van der Waals surface area (Å²) in [7, 11) is 1.56. The predicted molar refractivity (Wildman–Crippen MR) is 92.1 cm³/mol. The van der Waals surface area contributed by atoms with Crippen molar-refractivity contribution >= 4 is 23.2 Å². The number of nitrogens with zero attached hydrogens (tertiary/aromatic N) is 1. The monoisotopic (exact) mass is 340 g/mol. The minimum Gasteiger partial charge on any atom is -0.495 e. The van der Waals surface area contributed by atoms with Crippen LogP contribution in [0.5, 0.6) is 5.75 Å². The molecule has 2 N–H and O–H groups in total. The zero-order valence-corrected chi connectivity index (χ0v) is 14.5. The standard InChI is InChI=1S/C17H25ClN2O3/c1-12(21)13-5-8-20(9-6-13)10-7-17(22)19-14-3-4-16(23-2)15(18)11-14/h3-4,11-13,21H,5-10H2,1-2H3,(H,19,22). The van der Waals surface area contributed by atoms with Gasteiger partial charge in [-0.15, -0.1) is 0 Å². The van der Waals surface area contributed by atoms with Gasteiger partial charge in [0.1, 0.15) is 5.75 Å². The van der Waals surface area contributed by atoms with Crippen LogP contribution in [0.4, 0.5) is 5.69 Å². The van der Waals surface area contributed by atoms with Gasteiger partial charge in [-0.25, -0.2) is 0 Å². The normalized spacial score (nSPS) is 17.7. The van der Waals surface area contributed by atoms with E-state index in [0.717, 1.165) is 32.5 Å². The van der Waals surface area contributed by atoms with Gasteiger partial charge in [0, 0.05) is 18.7 Å². The third-order valence-electron chi connectivity index (χ3n) is 4.41. The lowest BCUT2D eigenvalue weighted by molar-refractivity contribution is -0.116. The number of hydrogen-bond acceptors (Lipinski definition) is 4. The molecule has 0 bridgehead atoms. The molecule has 6 heteroatoms. The maximum absolute atomic E-state index is 12.0. The Labute approximate surface area is 142 Å². The number of likely N-dealkylation sites (tertiary alicyclic amines) is 1. The Morgan fingerprint density at radius 1 is 1.48 bits per heavy atom. The largest absolute Gasteiger partial charge is 0.495 e. The van der Waals surface area contributed by atoms with Crippen LogP contribution in [0, 0.1) is 5.92 Å². The Kier molecular flexibility index (Phi) is 6.69. The fraction of sp³-hybridized carbons (Fsp3) is 0.588.